The number of amides is 1. The smallest absolute Gasteiger partial charge is 0.258 e. The second kappa shape index (κ2) is 6.17. The topological polar surface area (TPSA) is 64.8 Å². The molecule has 5 nitrogen and oxygen atoms in total. The number of carbonyl (C=O) groups excluding carboxylic acids is 1. The van der Waals surface area contributed by atoms with Gasteiger partial charge in [0.2, 0.25) is 0 Å². The van der Waals surface area contributed by atoms with E-state index in [1.54, 1.807) is 37.3 Å². The minimum absolute atomic E-state index is 0.140. The highest BCUT2D eigenvalue weighted by molar-refractivity contribution is 6.06. The molecular weight excluding hydrogens is 268 g/mol. The molecule has 1 amide bonds. The van der Waals surface area contributed by atoms with Crippen LogP contribution >= 0.6 is 0 Å². The van der Waals surface area contributed by atoms with E-state index in [0.29, 0.717) is 17.0 Å². The molecule has 0 aromatic heterocycles. The van der Waals surface area contributed by atoms with Crippen molar-refractivity contribution in [3.8, 4) is 11.5 Å². The number of nitrogens with two attached hydrogens (primary N) is 1. The Morgan fingerprint density at radius 3 is 2.29 bits per heavy atom. The maximum absolute atomic E-state index is 12.5. The summed E-state index contributed by atoms with van der Waals surface area (Å²) in [5.41, 5.74) is 7.54. The summed E-state index contributed by atoms with van der Waals surface area (Å²) in [6, 6.07) is 12.2. The first-order valence-corrected chi connectivity index (χ1v) is 6.42. The van der Waals surface area contributed by atoms with E-state index in [2.05, 4.69) is 0 Å². The van der Waals surface area contributed by atoms with Gasteiger partial charge in [-0.25, -0.2) is 0 Å². The summed E-state index contributed by atoms with van der Waals surface area (Å²) in [6.45, 7) is 0. The van der Waals surface area contributed by atoms with Crippen LogP contribution in [0.5, 0.6) is 11.5 Å². The Balaban J connectivity index is 2.25. The molecule has 0 spiro atoms. The third-order valence-electron chi connectivity index (χ3n) is 3.24. The van der Waals surface area contributed by atoms with Gasteiger partial charge in [0, 0.05) is 18.3 Å². The number of anilines is 2. The summed E-state index contributed by atoms with van der Waals surface area (Å²) in [6.07, 6.45) is 0. The summed E-state index contributed by atoms with van der Waals surface area (Å²) < 4.78 is 10.2. The largest absolute Gasteiger partial charge is 0.497 e. The van der Waals surface area contributed by atoms with Crippen molar-refractivity contribution >= 4 is 17.3 Å². The van der Waals surface area contributed by atoms with Crippen LogP contribution in [0.3, 0.4) is 0 Å². The molecule has 0 bridgehead atoms. The van der Waals surface area contributed by atoms with E-state index in [1.807, 2.05) is 24.3 Å². The van der Waals surface area contributed by atoms with Crippen molar-refractivity contribution in [1.82, 2.24) is 0 Å². The molecule has 110 valence electrons. The van der Waals surface area contributed by atoms with Gasteiger partial charge in [-0.1, -0.05) is 0 Å². The second-order valence-electron chi connectivity index (χ2n) is 4.52. The van der Waals surface area contributed by atoms with Crippen LogP contribution in [-0.2, 0) is 0 Å². The maximum Gasteiger partial charge on any atom is 0.258 e. The lowest BCUT2D eigenvalue weighted by Crippen LogP contribution is -2.26. The number of carbonyl (C=O) groups is 1. The van der Waals surface area contributed by atoms with Crippen molar-refractivity contribution in [2.75, 3.05) is 31.9 Å². The summed E-state index contributed by atoms with van der Waals surface area (Å²) >= 11 is 0. The third kappa shape index (κ3) is 3.08. The molecule has 21 heavy (non-hydrogen) atoms. The monoisotopic (exact) mass is 286 g/mol. The van der Waals surface area contributed by atoms with Crippen molar-refractivity contribution in [3.63, 3.8) is 0 Å². The molecule has 0 aliphatic rings. The Morgan fingerprint density at radius 1 is 1.05 bits per heavy atom. The SMILES string of the molecule is COc1ccc(N(C)C(=O)c2ccc(N)c(OC)c2)cc1. The Bertz CT molecular complexity index is 638. The summed E-state index contributed by atoms with van der Waals surface area (Å²) in [7, 11) is 4.84. The first-order valence-electron chi connectivity index (χ1n) is 6.42. The van der Waals surface area contributed by atoms with Gasteiger partial charge < -0.3 is 20.1 Å². The molecule has 5 heteroatoms. The fraction of sp³-hybridized carbons (Fsp3) is 0.188. The predicted molar refractivity (Wildman–Crippen MR) is 83.1 cm³/mol. The van der Waals surface area contributed by atoms with Crippen LogP contribution in [0, 0.1) is 0 Å². The molecule has 2 rings (SSSR count). The Labute approximate surface area is 123 Å². The van der Waals surface area contributed by atoms with Crippen LogP contribution in [0.4, 0.5) is 11.4 Å². The van der Waals surface area contributed by atoms with E-state index in [4.69, 9.17) is 15.2 Å². The molecule has 0 aliphatic carbocycles. The van der Waals surface area contributed by atoms with Gasteiger partial charge in [-0.2, -0.15) is 0 Å². The number of benzene rings is 2. The first kappa shape index (κ1) is 14.7. The molecule has 2 N–H and O–H groups in total. The van der Waals surface area contributed by atoms with E-state index in [-0.39, 0.29) is 5.91 Å². The fourth-order valence-corrected chi connectivity index (χ4v) is 1.96. The molecule has 0 heterocycles. The van der Waals surface area contributed by atoms with Crippen LogP contribution < -0.4 is 20.1 Å². The van der Waals surface area contributed by atoms with Gasteiger partial charge in [0.15, 0.2) is 0 Å². The third-order valence-corrected chi connectivity index (χ3v) is 3.24. The van der Waals surface area contributed by atoms with Gasteiger partial charge in [0.1, 0.15) is 11.5 Å². The van der Waals surface area contributed by atoms with E-state index in [9.17, 15) is 4.79 Å². The second-order valence-corrected chi connectivity index (χ2v) is 4.52. The van der Waals surface area contributed by atoms with E-state index in [1.165, 1.54) is 7.11 Å². The highest BCUT2D eigenvalue weighted by atomic mass is 16.5. The van der Waals surface area contributed by atoms with Gasteiger partial charge in [0.25, 0.3) is 5.91 Å². The highest BCUT2D eigenvalue weighted by Crippen LogP contribution is 2.25. The predicted octanol–water partition coefficient (Wildman–Crippen LogP) is 2.56. The molecule has 2 aromatic rings. The molecule has 2 aromatic carbocycles. The van der Waals surface area contributed by atoms with Crippen molar-refractivity contribution in [2.45, 2.75) is 0 Å². The Morgan fingerprint density at radius 2 is 1.71 bits per heavy atom. The lowest BCUT2D eigenvalue weighted by Gasteiger charge is -2.18. The van der Waals surface area contributed by atoms with Gasteiger partial charge in [-0.05, 0) is 42.5 Å². The van der Waals surface area contributed by atoms with Crippen LogP contribution in [-0.4, -0.2) is 27.2 Å². The number of nitrogens with zero attached hydrogens (tertiary/aromatic N) is 1. The van der Waals surface area contributed by atoms with Crippen LogP contribution in [0.25, 0.3) is 0 Å². The average Bonchev–Trinajstić information content (AvgIpc) is 2.54. The number of nitrogen functional groups attached to an aromatic ring is 1. The van der Waals surface area contributed by atoms with Gasteiger partial charge >= 0.3 is 0 Å². The lowest BCUT2D eigenvalue weighted by molar-refractivity contribution is 0.0992. The first-order chi connectivity index (χ1) is 10.1. The normalized spacial score (nSPS) is 10.0. The Hall–Kier alpha value is -2.69. The maximum atomic E-state index is 12.5. The molecule has 0 unspecified atom stereocenters. The molecule has 0 radical (unpaired) electrons. The number of hydrogen-bond donors (Lipinski definition) is 1. The number of methoxy groups -OCH3 is 2. The van der Waals surface area contributed by atoms with Crippen molar-refractivity contribution in [3.05, 3.63) is 48.0 Å². The lowest BCUT2D eigenvalue weighted by atomic mass is 10.1. The van der Waals surface area contributed by atoms with E-state index < -0.39 is 0 Å². The van der Waals surface area contributed by atoms with Gasteiger partial charge in [0.05, 0.1) is 19.9 Å². The molecule has 0 saturated heterocycles. The van der Waals surface area contributed by atoms with Crippen molar-refractivity contribution < 1.29 is 14.3 Å². The average molecular weight is 286 g/mol. The minimum Gasteiger partial charge on any atom is -0.497 e. The number of ether oxygens (including phenoxy) is 2. The van der Waals surface area contributed by atoms with Crippen molar-refractivity contribution in [1.29, 1.82) is 0 Å². The zero-order chi connectivity index (χ0) is 15.4. The van der Waals surface area contributed by atoms with Crippen molar-refractivity contribution in [2.24, 2.45) is 0 Å². The minimum atomic E-state index is -0.140. The molecular formula is C16H18N2O3. The van der Waals surface area contributed by atoms with Gasteiger partial charge in [-0.15, -0.1) is 0 Å². The van der Waals surface area contributed by atoms with Crippen LogP contribution in [0.15, 0.2) is 42.5 Å². The van der Waals surface area contributed by atoms with Gasteiger partial charge in [-0.3, -0.25) is 4.79 Å². The quantitative estimate of drug-likeness (QED) is 0.877. The zero-order valence-electron chi connectivity index (χ0n) is 12.3. The fourth-order valence-electron chi connectivity index (χ4n) is 1.96. The zero-order valence-corrected chi connectivity index (χ0v) is 12.3. The molecule has 0 atom stereocenters. The molecule has 0 aliphatic heterocycles. The summed E-state index contributed by atoms with van der Waals surface area (Å²) in [5.74, 6) is 1.09. The molecule has 0 saturated carbocycles. The Kier molecular flexibility index (Phi) is 4.33. The van der Waals surface area contributed by atoms with Crippen LogP contribution in [0.2, 0.25) is 0 Å². The molecule has 0 fully saturated rings. The standard InChI is InChI=1S/C16H18N2O3/c1-18(12-5-7-13(20-2)8-6-12)16(19)11-4-9-14(17)15(10-11)21-3/h4-10H,17H2,1-3H3. The number of hydrogen-bond acceptors (Lipinski definition) is 4. The number of rotatable bonds is 4. The highest BCUT2D eigenvalue weighted by Gasteiger charge is 2.15. The van der Waals surface area contributed by atoms with Crippen LogP contribution in [0.1, 0.15) is 10.4 Å². The van der Waals surface area contributed by atoms with E-state index >= 15 is 0 Å². The summed E-state index contributed by atoms with van der Waals surface area (Å²) in [4.78, 5) is 14.0. The van der Waals surface area contributed by atoms with E-state index in [0.717, 1.165) is 11.4 Å². The summed E-state index contributed by atoms with van der Waals surface area (Å²) in [5, 5.41) is 0.